The summed E-state index contributed by atoms with van der Waals surface area (Å²) in [5.41, 5.74) is 8.04. The van der Waals surface area contributed by atoms with Crippen molar-refractivity contribution in [2.45, 2.75) is 46.1 Å². The molecule has 0 bridgehead atoms. The van der Waals surface area contributed by atoms with E-state index < -0.39 is 0 Å². The van der Waals surface area contributed by atoms with Gasteiger partial charge in [0.25, 0.3) is 0 Å². The molecule has 0 aromatic rings. The van der Waals surface area contributed by atoms with E-state index >= 15 is 0 Å². The highest BCUT2D eigenvalue weighted by Crippen LogP contribution is 1.98. The van der Waals surface area contributed by atoms with Gasteiger partial charge in [-0.05, 0) is 19.8 Å². The van der Waals surface area contributed by atoms with Gasteiger partial charge in [0, 0.05) is 6.54 Å². The number of rotatable bonds is 6. The molecular formula is C9H23N3O. The largest absolute Gasteiger partial charge is 0.322 e. The normalized spacial score (nSPS) is 11.5. The fraction of sp³-hybridized carbons (Fsp3) is 0.889. The monoisotopic (exact) mass is 189 g/mol. The first-order valence-electron chi connectivity index (χ1n) is 4.88. The topological polar surface area (TPSA) is 81.1 Å². The van der Waals surface area contributed by atoms with E-state index in [4.69, 9.17) is 11.6 Å². The lowest BCUT2D eigenvalue weighted by atomic mass is 10.1. The molecule has 0 aliphatic carbocycles. The van der Waals surface area contributed by atoms with Gasteiger partial charge in [0.1, 0.15) is 5.78 Å². The van der Waals surface area contributed by atoms with Crippen molar-refractivity contribution < 1.29 is 4.79 Å². The number of Topliss-reactive ketones (excluding diaryl/α,β-unsaturated/α-hetero) is 1. The van der Waals surface area contributed by atoms with Gasteiger partial charge in [-0.1, -0.05) is 20.3 Å². The maximum absolute atomic E-state index is 10.6. The SMILES string of the molecule is CC.CC(=O)C(N)CCCCNN. The lowest BCUT2D eigenvalue weighted by Gasteiger charge is -2.06. The summed E-state index contributed by atoms with van der Waals surface area (Å²) in [6.45, 7) is 6.30. The van der Waals surface area contributed by atoms with Crippen molar-refractivity contribution in [1.82, 2.24) is 5.43 Å². The van der Waals surface area contributed by atoms with Gasteiger partial charge in [-0.15, -0.1) is 0 Å². The Morgan fingerprint density at radius 2 is 1.92 bits per heavy atom. The van der Waals surface area contributed by atoms with Crippen LogP contribution < -0.4 is 17.0 Å². The van der Waals surface area contributed by atoms with Gasteiger partial charge in [0.05, 0.1) is 6.04 Å². The number of carbonyl (C=O) groups is 1. The number of nitrogens with two attached hydrogens (primary N) is 2. The highest BCUT2D eigenvalue weighted by molar-refractivity contribution is 5.80. The summed E-state index contributed by atoms with van der Waals surface area (Å²) in [6, 6.07) is -0.284. The first kappa shape index (κ1) is 15.0. The average molecular weight is 189 g/mol. The molecule has 0 saturated carbocycles. The van der Waals surface area contributed by atoms with E-state index in [1.165, 1.54) is 6.92 Å². The minimum Gasteiger partial charge on any atom is -0.322 e. The second-order valence-corrected chi connectivity index (χ2v) is 2.67. The first-order chi connectivity index (χ1) is 6.18. The molecule has 0 spiro atoms. The molecule has 0 radical (unpaired) electrons. The van der Waals surface area contributed by atoms with Crippen molar-refractivity contribution in [3.05, 3.63) is 0 Å². The van der Waals surface area contributed by atoms with E-state index in [-0.39, 0.29) is 11.8 Å². The fourth-order valence-electron chi connectivity index (χ4n) is 0.795. The number of ketones is 1. The summed E-state index contributed by atoms with van der Waals surface area (Å²) in [4.78, 5) is 10.6. The maximum Gasteiger partial charge on any atom is 0.146 e. The summed E-state index contributed by atoms with van der Waals surface area (Å²) < 4.78 is 0. The second-order valence-electron chi connectivity index (χ2n) is 2.67. The molecule has 0 heterocycles. The van der Waals surface area contributed by atoms with Crippen LogP contribution >= 0.6 is 0 Å². The smallest absolute Gasteiger partial charge is 0.146 e. The molecule has 0 aliphatic heterocycles. The zero-order valence-electron chi connectivity index (χ0n) is 8.97. The van der Waals surface area contributed by atoms with Crippen LogP contribution in [0.4, 0.5) is 0 Å². The van der Waals surface area contributed by atoms with Crippen LogP contribution in [0.15, 0.2) is 0 Å². The van der Waals surface area contributed by atoms with Gasteiger partial charge in [0.2, 0.25) is 0 Å². The Morgan fingerprint density at radius 3 is 2.31 bits per heavy atom. The quantitative estimate of drug-likeness (QED) is 0.324. The standard InChI is InChI=1S/C7H17N3O.C2H6/c1-6(11)7(8)4-2-3-5-10-9;1-2/h7,10H,2-5,8-9H2,1H3;1-2H3. The number of nitrogens with one attached hydrogen (secondary N) is 1. The van der Waals surface area contributed by atoms with Crippen molar-refractivity contribution >= 4 is 5.78 Å². The Balaban J connectivity index is 0. The van der Waals surface area contributed by atoms with E-state index in [2.05, 4.69) is 5.43 Å². The van der Waals surface area contributed by atoms with Gasteiger partial charge in [-0.2, -0.15) is 0 Å². The van der Waals surface area contributed by atoms with E-state index in [9.17, 15) is 4.79 Å². The van der Waals surface area contributed by atoms with Gasteiger partial charge >= 0.3 is 0 Å². The molecular weight excluding hydrogens is 166 g/mol. The molecule has 1 unspecified atom stereocenters. The third-order valence-corrected chi connectivity index (χ3v) is 1.61. The van der Waals surface area contributed by atoms with E-state index in [1.807, 2.05) is 13.8 Å². The van der Waals surface area contributed by atoms with Gasteiger partial charge in [-0.25, -0.2) is 0 Å². The third kappa shape index (κ3) is 11.5. The molecule has 0 aromatic heterocycles. The molecule has 4 heteroatoms. The Kier molecular flexibility index (Phi) is 13.4. The number of hydrogen-bond donors (Lipinski definition) is 3. The van der Waals surface area contributed by atoms with E-state index in [0.29, 0.717) is 0 Å². The summed E-state index contributed by atoms with van der Waals surface area (Å²) in [6.07, 6.45) is 2.68. The first-order valence-corrected chi connectivity index (χ1v) is 4.88. The number of hydrazine groups is 1. The molecule has 4 nitrogen and oxygen atoms in total. The predicted octanol–water partition coefficient (Wildman–Crippen LogP) is 0.563. The predicted molar refractivity (Wildman–Crippen MR) is 56.0 cm³/mol. The Hall–Kier alpha value is -0.450. The van der Waals surface area contributed by atoms with Crippen molar-refractivity contribution in [3.8, 4) is 0 Å². The zero-order chi connectivity index (χ0) is 10.7. The molecule has 0 saturated heterocycles. The summed E-state index contributed by atoms with van der Waals surface area (Å²) >= 11 is 0. The zero-order valence-corrected chi connectivity index (χ0v) is 8.97. The summed E-state index contributed by atoms with van der Waals surface area (Å²) in [5, 5.41) is 0. The lowest BCUT2D eigenvalue weighted by molar-refractivity contribution is -0.118. The highest BCUT2D eigenvalue weighted by atomic mass is 16.1. The molecule has 0 rings (SSSR count). The third-order valence-electron chi connectivity index (χ3n) is 1.61. The van der Waals surface area contributed by atoms with Crippen LogP contribution in [-0.2, 0) is 4.79 Å². The van der Waals surface area contributed by atoms with Crippen LogP contribution in [0.2, 0.25) is 0 Å². The maximum atomic E-state index is 10.6. The molecule has 5 N–H and O–H groups in total. The fourth-order valence-corrected chi connectivity index (χ4v) is 0.795. The Labute approximate surface area is 81.0 Å². The average Bonchev–Trinajstić information content (AvgIpc) is 2.15. The molecule has 80 valence electrons. The van der Waals surface area contributed by atoms with Crippen molar-refractivity contribution in [2.75, 3.05) is 6.54 Å². The van der Waals surface area contributed by atoms with Gasteiger partial charge < -0.3 is 5.73 Å². The highest BCUT2D eigenvalue weighted by Gasteiger charge is 2.05. The number of unbranched alkanes of at least 4 members (excludes halogenated alkanes) is 1. The lowest BCUT2D eigenvalue weighted by Crippen LogP contribution is -2.28. The van der Waals surface area contributed by atoms with Gasteiger partial charge in [0.15, 0.2) is 0 Å². The number of hydrogen-bond acceptors (Lipinski definition) is 4. The van der Waals surface area contributed by atoms with Crippen LogP contribution in [0.25, 0.3) is 0 Å². The minimum absolute atomic E-state index is 0.0608. The summed E-state index contributed by atoms with van der Waals surface area (Å²) in [5.74, 6) is 5.12. The number of carbonyl (C=O) groups excluding carboxylic acids is 1. The van der Waals surface area contributed by atoms with Crippen LogP contribution in [0, 0.1) is 0 Å². The minimum atomic E-state index is -0.284. The van der Waals surface area contributed by atoms with E-state index in [0.717, 1.165) is 25.8 Å². The van der Waals surface area contributed by atoms with Crippen LogP contribution in [0.3, 0.4) is 0 Å². The van der Waals surface area contributed by atoms with Crippen molar-refractivity contribution in [2.24, 2.45) is 11.6 Å². The summed E-state index contributed by atoms with van der Waals surface area (Å²) in [7, 11) is 0. The Bertz CT molecular complexity index is 117. The van der Waals surface area contributed by atoms with E-state index in [1.54, 1.807) is 0 Å². The van der Waals surface area contributed by atoms with Crippen LogP contribution in [0.1, 0.15) is 40.0 Å². The van der Waals surface area contributed by atoms with Crippen molar-refractivity contribution in [1.29, 1.82) is 0 Å². The molecule has 0 aromatic carbocycles. The van der Waals surface area contributed by atoms with Crippen LogP contribution in [0.5, 0.6) is 0 Å². The van der Waals surface area contributed by atoms with Crippen molar-refractivity contribution in [3.63, 3.8) is 0 Å². The molecule has 1 atom stereocenters. The molecule has 0 aliphatic rings. The second kappa shape index (κ2) is 11.6. The molecule has 0 amide bonds. The Morgan fingerprint density at radius 1 is 1.38 bits per heavy atom. The molecule has 13 heavy (non-hydrogen) atoms. The van der Waals surface area contributed by atoms with Gasteiger partial charge in [-0.3, -0.25) is 16.1 Å². The van der Waals surface area contributed by atoms with Crippen LogP contribution in [-0.4, -0.2) is 18.4 Å². The molecule has 0 fully saturated rings.